The lowest BCUT2D eigenvalue weighted by Crippen LogP contribution is -2.58. The molecule has 1 aliphatic carbocycles. The van der Waals surface area contributed by atoms with Crippen molar-refractivity contribution in [3.63, 3.8) is 0 Å². The van der Waals surface area contributed by atoms with E-state index in [1.165, 1.54) is 12.6 Å². The molecule has 36 heavy (non-hydrogen) atoms. The van der Waals surface area contributed by atoms with E-state index >= 15 is 0 Å². The minimum Gasteiger partial charge on any atom is -0.481 e. The van der Waals surface area contributed by atoms with E-state index in [0.29, 0.717) is 33.9 Å². The number of nitrogens with zero attached hydrogens (tertiary/aromatic N) is 4. The third-order valence-corrected chi connectivity index (χ3v) is 8.83. The maximum atomic E-state index is 14.5. The molecule has 2 aromatic rings. The lowest BCUT2D eigenvalue weighted by atomic mass is 9.65. The van der Waals surface area contributed by atoms with Crippen LogP contribution in [0.1, 0.15) is 51.1 Å². The molecule has 2 aliphatic heterocycles. The predicted octanol–water partition coefficient (Wildman–Crippen LogP) is 5.50. The van der Waals surface area contributed by atoms with Crippen LogP contribution in [0.25, 0.3) is 0 Å². The van der Waals surface area contributed by atoms with Crippen molar-refractivity contribution in [3.05, 3.63) is 45.8 Å². The van der Waals surface area contributed by atoms with Crippen LogP contribution in [0.15, 0.2) is 24.4 Å². The van der Waals surface area contributed by atoms with Crippen LogP contribution in [0.3, 0.4) is 0 Å². The van der Waals surface area contributed by atoms with Gasteiger partial charge in [-0.3, -0.25) is 4.79 Å². The molecule has 0 amide bonds. The third kappa shape index (κ3) is 5.00. The Morgan fingerprint density at radius 3 is 2.69 bits per heavy atom. The molecule has 0 bridgehead atoms. The summed E-state index contributed by atoms with van der Waals surface area (Å²) in [7, 11) is 0. The van der Waals surface area contributed by atoms with Crippen LogP contribution in [-0.2, 0) is 4.79 Å². The second kappa shape index (κ2) is 9.95. The van der Waals surface area contributed by atoms with Gasteiger partial charge in [-0.1, -0.05) is 29.3 Å². The van der Waals surface area contributed by atoms with E-state index in [-0.39, 0.29) is 11.9 Å². The summed E-state index contributed by atoms with van der Waals surface area (Å²) < 4.78 is 14.5. The smallest absolute Gasteiger partial charge is 0.309 e. The van der Waals surface area contributed by atoms with E-state index in [1.54, 1.807) is 12.1 Å². The van der Waals surface area contributed by atoms with Gasteiger partial charge in [-0.05, 0) is 75.6 Å². The first-order chi connectivity index (χ1) is 17.1. The summed E-state index contributed by atoms with van der Waals surface area (Å²) in [5, 5.41) is 13.6. The molecule has 3 fully saturated rings. The highest BCUT2D eigenvalue weighted by atomic mass is 35.5. The topological polar surface area (TPSA) is 81.6 Å². The Hall–Kier alpha value is -2.16. The number of hydrogen-bond donors (Lipinski definition) is 2. The zero-order chi connectivity index (χ0) is 25.6. The van der Waals surface area contributed by atoms with Gasteiger partial charge in [-0.2, -0.15) is 4.98 Å². The Morgan fingerprint density at radius 1 is 1.25 bits per heavy atom. The van der Waals surface area contributed by atoms with Gasteiger partial charge < -0.3 is 20.2 Å². The van der Waals surface area contributed by atoms with Crippen LogP contribution in [0.5, 0.6) is 0 Å². The highest BCUT2D eigenvalue weighted by Crippen LogP contribution is 2.45. The number of aliphatic carboxylic acids is 1. The number of benzene rings is 1. The molecule has 1 aromatic carbocycles. The van der Waals surface area contributed by atoms with E-state index in [1.807, 2.05) is 19.9 Å². The summed E-state index contributed by atoms with van der Waals surface area (Å²) in [6.07, 6.45) is 5.03. The van der Waals surface area contributed by atoms with Gasteiger partial charge in [0.1, 0.15) is 0 Å². The molecule has 2 atom stereocenters. The van der Waals surface area contributed by atoms with Gasteiger partial charge in [0.15, 0.2) is 11.6 Å². The van der Waals surface area contributed by atoms with E-state index in [2.05, 4.69) is 25.1 Å². The van der Waals surface area contributed by atoms with Crippen molar-refractivity contribution in [1.82, 2.24) is 14.9 Å². The van der Waals surface area contributed by atoms with Gasteiger partial charge in [-0.25, -0.2) is 9.37 Å². The Labute approximate surface area is 221 Å². The molecular weight excluding hydrogens is 504 g/mol. The van der Waals surface area contributed by atoms with Crippen molar-refractivity contribution in [1.29, 1.82) is 0 Å². The molecule has 2 N–H and O–H groups in total. The van der Waals surface area contributed by atoms with Crippen molar-refractivity contribution in [2.24, 2.45) is 17.3 Å². The van der Waals surface area contributed by atoms with Crippen molar-refractivity contribution in [3.8, 4) is 0 Å². The van der Waals surface area contributed by atoms with Crippen LogP contribution >= 0.6 is 23.2 Å². The van der Waals surface area contributed by atoms with Crippen LogP contribution < -0.4 is 10.2 Å². The molecule has 0 spiro atoms. The average molecular weight is 536 g/mol. The molecule has 5 rings (SSSR count). The molecule has 3 heterocycles. The average Bonchev–Trinajstić information content (AvgIpc) is 2.78. The van der Waals surface area contributed by atoms with Crippen LogP contribution in [0, 0.1) is 23.1 Å². The van der Waals surface area contributed by atoms with Gasteiger partial charge in [0.25, 0.3) is 0 Å². The maximum absolute atomic E-state index is 14.5. The second-order valence-electron chi connectivity index (χ2n) is 10.9. The number of piperidine rings is 1. The zero-order valence-electron chi connectivity index (χ0n) is 20.6. The van der Waals surface area contributed by atoms with Gasteiger partial charge in [0.05, 0.1) is 17.7 Å². The molecule has 0 radical (unpaired) electrons. The molecular formula is C26H32Cl2FN5O2. The molecule has 3 aliphatic rings. The number of anilines is 2. The standard InChI is InChI=1S/C26H32Cl2FN5O2/c1-15(20-6-5-18(27)8-21(20)28)31-23-22(29)11-30-25(32-23)34-13-17(14-34)16-4-3-7-33(12-16)19-9-26(2,10-19)24(35)36/h5-6,8,11,15-17,19H,3-4,7,9-10,12-14H2,1-2H3,(H,35,36)(H,30,31,32)/t15-,16?,19?,26?/m1/s1. The lowest BCUT2D eigenvalue weighted by Gasteiger charge is -2.52. The fourth-order valence-electron chi connectivity index (χ4n) is 5.89. The van der Waals surface area contributed by atoms with Crippen molar-refractivity contribution >= 4 is 40.9 Å². The highest BCUT2D eigenvalue weighted by molar-refractivity contribution is 6.35. The number of likely N-dealkylation sites (tertiary alicyclic amines) is 1. The normalized spacial score (nSPS) is 27.8. The Balaban J connectivity index is 1.17. The monoisotopic (exact) mass is 535 g/mol. The summed E-state index contributed by atoms with van der Waals surface area (Å²) in [5.41, 5.74) is 0.244. The summed E-state index contributed by atoms with van der Waals surface area (Å²) >= 11 is 12.3. The predicted molar refractivity (Wildman–Crippen MR) is 139 cm³/mol. The number of carboxylic acid groups (broad SMARTS) is 1. The molecule has 7 nitrogen and oxygen atoms in total. The van der Waals surface area contributed by atoms with E-state index in [0.717, 1.165) is 51.0 Å². The minimum absolute atomic E-state index is 0.150. The summed E-state index contributed by atoms with van der Waals surface area (Å²) in [5.74, 6) is 0.600. The molecule has 10 heteroatoms. The molecule has 1 aromatic heterocycles. The molecule has 194 valence electrons. The molecule has 1 unspecified atom stereocenters. The molecule has 2 saturated heterocycles. The SMILES string of the molecule is C[C@@H](Nc1nc(N2CC(C3CCCN(C4CC(C)(C(=O)O)C4)C3)C2)ncc1F)c1ccc(Cl)cc1Cl. The van der Waals surface area contributed by atoms with Crippen molar-refractivity contribution < 1.29 is 14.3 Å². The summed E-state index contributed by atoms with van der Waals surface area (Å²) in [4.78, 5) is 24.8. The second-order valence-corrected chi connectivity index (χ2v) is 11.7. The molecule has 1 saturated carbocycles. The minimum atomic E-state index is -0.680. The van der Waals surface area contributed by atoms with Gasteiger partial charge in [0, 0.05) is 35.7 Å². The van der Waals surface area contributed by atoms with E-state index in [9.17, 15) is 14.3 Å². The first kappa shape index (κ1) is 25.5. The van der Waals surface area contributed by atoms with Crippen LogP contribution in [0.2, 0.25) is 10.0 Å². The number of halogens is 3. The van der Waals surface area contributed by atoms with Crippen LogP contribution in [-0.4, -0.2) is 58.2 Å². The quantitative estimate of drug-likeness (QED) is 0.484. The van der Waals surface area contributed by atoms with Crippen LogP contribution in [0.4, 0.5) is 16.2 Å². The number of aromatic nitrogens is 2. The first-order valence-corrected chi connectivity index (χ1v) is 13.3. The highest BCUT2D eigenvalue weighted by Gasteiger charge is 2.49. The largest absolute Gasteiger partial charge is 0.481 e. The van der Waals surface area contributed by atoms with Crippen molar-refractivity contribution in [2.75, 3.05) is 36.4 Å². The lowest BCUT2D eigenvalue weighted by molar-refractivity contribution is -0.158. The summed E-state index contributed by atoms with van der Waals surface area (Å²) in [6.45, 7) is 7.52. The fourth-order valence-corrected chi connectivity index (χ4v) is 6.46. The van der Waals surface area contributed by atoms with Gasteiger partial charge in [0.2, 0.25) is 5.95 Å². The maximum Gasteiger partial charge on any atom is 0.309 e. The fraction of sp³-hybridized carbons (Fsp3) is 0.577. The Bertz CT molecular complexity index is 1140. The summed E-state index contributed by atoms with van der Waals surface area (Å²) in [6, 6.07) is 5.36. The van der Waals surface area contributed by atoms with Gasteiger partial charge in [-0.15, -0.1) is 0 Å². The number of rotatable bonds is 7. The zero-order valence-corrected chi connectivity index (χ0v) is 22.1. The van der Waals surface area contributed by atoms with Gasteiger partial charge >= 0.3 is 5.97 Å². The van der Waals surface area contributed by atoms with Crippen molar-refractivity contribution in [2.45, 2.75) is 51.6 Å². The number of hydrogen-bond acceptors (Lipinski definition) is 6. The Kier molecular flexibility index (Phi) is 7.05. The third-order valence-electron chi connectivity index (χ3n) is 8.27. The number of carbonyl (C=O) groups is 1. The number of nitrogens with one attached hydrogen (secondary N) is 1. The number of carboxylic acids is 1. The Morgan fingerprint density at radius 2 is 2.00 bits per heavy atom. The van der Waals surface area contributed by atoms with E-state index in [4.69, 9.17) is 23.2 Å². The van der Waals surface area contributed by atoms with E-state index < -0.39 is 17.2 Å². The first-order valence-electron chi connectivity index (χ1n) is 12.6.